The molecule has 0 spiro atoms. The first kappa shape index (κ1) is 8.21. The highest BCUT2D eigenvalue weighted by Crippen LogP contribution is 2.16. The number of hydrogen-bond acceptors (Lipinski definition) is 2. The molecule has 0 aliphatic carbocycles. The van der Waals surface area contributed by atoms with Crippen LogP contribution in [0.4, 0.5) is 0 Å². The Bertz CT molecular complexity index is 194. The van der Waals surface area contributed by atoms with Gasteiger partial charge in [-0.15, -0.1) is 0 Å². The minimum atomic E-state index is 0.223. The van der Waals surface area contributed by atoms with Crippen LogP contribution in [0.25, 0.3) is 0 Å². The summed E-state index contributed by atoms with van der Waals surface area (Å²) in [4.78, 5) is 3.91. The van der Waals surface area contributed by atoms with Crippen LogP contribution in [0.3, 0.4) is 0 Å². The molecule has 2 nitrogen and oxygen atoms in total. The summed E-state index contributed by atoms with van der Waals surface area (Å²) < 4.78 is 0. The van der Waals surface area contributed by atoms with E-state index in [1.54, 1.807) is 12.4 Å². The van der Waals surface area contributed by atoms with Crippen molar-refractivity contribution in [1.82, 2.24) is 4.98 Å². The van der Waals surface area contributed by atoms with Crippen molar-refractivity contribution in [2.45, 2.75) is 19.3 Å². The van der Waals surface area contributed by atoms with Crippen molar-refractivity contribution in [3.05, 3.63) is 30.1 Å². The monoisotopic (exact) mass is 151 g/mol. The van der Waals surface area contributed by atoms with Crippen LogP contribution in [0.2, 0.25) is 0 Å². The van der Waals surface area contributed by atoms with E-state index in [4.69, 9.17) is 5.11 Å². The third-order valence-electron chi connectivity index (χ3n) is 1.89. The van der Waals surface area contributed by atoms with Gasteiger partial charge >= 0.3 is 0 Å². The number of aliphatic hydroxyl groups is 1. The smallest absolute Gasteiger partial charge is 0.0499 e. The molecule has 0 amide bonds. The summed E-state index contributed by atoms with van der Waals surface area (Å²) in [5.74, 6) is 0.276. The maximum atomic E-state index is 8.96. The Labute approximate surface area is 66.9 Å². The van der Waals surface area contributed by atoms with Crippen LogP contribution in [0.15, 0.2) is 24.5 Å². The first-order valence-corrected chi connectivity index (χ1v) is 3.89. The van der Waals surface area contributed by atoms with Gasteiger partial charge in [0.1, 0.15) is 0 Å². The fraction of sp³-hybridized carbons (Fsp3) is 0.444. The molecule has 0 bridgehead atoms. The Morgan fingerprint density at radius 2 is 2.09 bits per heavy atom. The zero-order chi connectivity index (χ0) is 8.10. The van der Waals surface area contributed by atoms with E-state index in [2.05, 4.69) is 11.9 Å². The molecule has 1 aromatic heterocycles. The van der Waals surface area contributed by atoms with Crippen molar-refractivity contribution in [1.29, 1.82) is 0 Å². The highest BCUT2D eigenvalue weighted by Gasteiger charge is 2.05. The predicted octanol–water partition coefficient (Wildman–Crippen LogP) is 1.57. The van der Waals surface area contributed by atoms with E-state index in [0.29, 0.717) is 0 Å². The molecule has 0 aliphatic heterocycles. The average molecular weight is 151 g/mol. The summed E-state index contributed by atoms with van der Waals surface area (Å²) in [6, 6.07) is 3.90. The van der Waals surface area contributed by atoms with Gasteiger partial charge in [-0.2, -0.15) is 0 Å². The topological polar surface area (TPSA) is 33.1 Å². The lowest BCUT2D eigenvalue weighted by atomic mass is 9.99. The van der Waals surface area contributed by atoms with Crippen molar-refractivity contribution in [3.8, 4) is 0 Å². The molecule has 11 heavy (non-hydrogen) atoms. The number of aromatic nitrogens is 1. The molecule has 0 aromatic carbocycles. The van der Waals surface area contributed by atoms with Crippen molar-refractivity contribution in [2.75, 3.05) is 6.61 Å². The Balaban J connectivity index is 2.74. The number of nitrogens with zero attached hydrogens (tertiary/aromatic N) is 1. The van der Waals surface area contributed by atoms with Crippen molar-refractivity contribution >= 4 is 0 Å². The molecule has 0 fully saturated rings. The summed E-state index contributed by atoms with van der Waals surface area (Å²) in [5.41, 5.74) is 1.17. The minimum Gasteiger partial charge on any atom is -0.396 e. The van der Waals surface area contributed by atoms with Gasteiger partial charge in [-0.1, -0.05) is 6.92 Å². The lowest BCUT2D eigenvalue weighted by Gasteiger charge is -2.10. The average Bonchev–Trinajstić information content (AvgIpc) is 2.09. The highest BCUT2D eigenvalue weighted by atomic mass is 16.3. The van der Waals surface area contributed by atoms with Gasteiger partial charge in [0.05, 0.1) is 0 Å². The lowest BCUT2D eigenvalue weighted by molar-refractivity contribution is 0.262. The third kappa shape index (κ3) is 2.02. The number of aliphatic hydroxyl groups excluding tert-OH is 1. The van der Waals surface area contributed by atoms with Crippen molar-refractivity contribution in [2.24, 2.45) is 0 Å². The molecule has 1 atom stereocenters. The normalized spacial score (nSPS) is 12.9. The summed E-state index contributed by atoms with van der Waals surface area (Å²) in [5, 5.41) is 8.96. The van der Waals surface area contributed by atoms with Crippen LogP contribution in [0.1, 0.15) is 24.8 Å². The predicted molar refractivity (Wildman–Crippen MR) is 44.4 cm³/mol. The summed E-state index contributed by atoms with van der Waals surface area (Å²) in [6.45, 7) is 2.29. The summed E-state index contributed by atoms with van der Waals surface area (Å²) >= 11 is 0. The molecule has 0 saturated heterocycles. The second-order valence-electron chi connectivity index (χ2n) is 2.57. The van der Waals surface area contributed by atoms with Crippen LogP contribution in [0.5, 0.6) is 0 Å². The zero-order valence-corrected chi connectivity index (χ0v) is 6.70. The largest absolute Gasteiger partial charge is 0.396 e. The van der Waals surface area contributed by atoms with E-state index in [1.807, 2.05) is 12.1 Å². The van der Waals surface area contributed by atoms with Crippen LogP contribution in [-0.2, 0) is 0 Å². The Morgan fingerprint density at radius 1 is 1.45 bits per heavy atom. The molecule has 0 aliphatic rings. The zero-order valence-electron chi connectivity index (χ0n) is 6.70. The Kier molecular flexibility index (Phi) is 3.05. The second-order valence-corrected chi connectivity index (χ2v) is 2.57. The fourth-order valence-electron chi connectivity index (χ4n) is 1.11. The van der Waals surface area contributed by atoms with Crippen LogP contribution in [0, 0.1) is 0 Å². The van der Waals surface area contributed by atoms with Crippen LogP contribution >= 0.6 is 0 Å². The Hall–Kier alpha value is -0.890. The molecule has 1 unspecified atom stereocenters. The Morgan fingerprint density at radius 3 is 2.55 bits per heavy atom. The molecular formula is C9H13NO. The summed E-state index contributed by atoms with van der Waals surface area (Å²) in [7, 11) is 0. The van der Waals surface area contributed by atoms with Crippen LogP contribution in [-0.4, -0.2) is 16.7 Å². The number of pyridine rings is 1. The third-order valence-corrected chi connectivity index (χ3v) is 1.89. The van der Waals surface area contributed by atoms with Crippen LogP contribution < -0.4 is 0 Å². The van der Waals surface area contributed by atoms with E-state index < -0.39 is 0 Å². The van der Waals surface area contributed by atoms with Gasteiger partial charge in [-0.25, -0.2) is 0 Å². The SMILES string of the molecule is CCC(CO)c1ccncc1. The molecule has 2 heteroatoms. The van der Waals surface area contributed by atoms with E-state index in [-0.39, 0.29) is 12.5 Å². The van der Waals surface area contributed by atoms with E-state index in [9.17, 15) is 0 Å². The molecule has 1 heterocycles. The van der Waals surface area contributed by atoms with Gasteiger partial charge in [0.15, 0.2) is 0 Å². The summed E-state index contributed by atoms with van der Waals surface area (Å²) in [6.07, 6.45) is 4.49. The number of hydrogen-bond donors (Lipinski definition) is 1. The molecule has 0 radical (unpaired) electrons. The second kappa shape index (κ2) is 4.09. The van der Waals surface area contributed by atoms with Crippen molar-refractivity contribution < 1.29 is 5.11 Å². The molecule has 1 N–H and O–H groups in total. The number of rotatable bonds is 3. The maximum absolute atomic E-state index is 8.96. The minimum absolute atomic E-state index is 0.223. The van der Waals surface area contributed by atoms with Gasteiger partial charge < -0.3 is 5.11 Å². The molecule has 1 aromatic rings. The van der Waals surface area contributed by atoms with Gasteiger partial charge in [-0.3, -0.25) is 4.98 Å². The lowest BCUT2D eigenvalue weighted by Crippen LogP contribution is -2.01. The van der Waals surface area contributed by atoms with Gasteiger partial charge in [-0.05, 0) is 24.1 Å². The van der Waals surface area contributed by atoms with Gasteiger partial charge in [0, 0.05) is 24.9 Å². The molecule has 0 saturated carbocycles. The molecular weight excluding hydrogens is 138 g/mol. The van der Waals surface area contributed by atoms with Gasteiger partial charge in [0.2, 0.25) is 0 Å². The van der Waals surface area contributed by atoms with Crippen molar-refractivity contribution in [3.63, 3.8) is 0 Å². The van der Waals surface area contributed by atoms with E-state index >= 15 is 0 Å². The quantitative estimate of drug-likeness (QED) is 0.711. The van der Waals surface area contributed by atoms with Gasteiger partial charge in [0.25, 0.3) is 0 Å². The first-order chi connectivity index (χ1) is 5.38. The fourth-order valence-corrected chi connectivity index (χ4v) is 1.11. The van der Waals surface area contributed by atoms with E-state index in [1.165, 1.54) is 5.56 Å². The molecule has 60 valence electrons. The highest BCUT2D eigenvalue weighted by molar-refractivity contribution is 5.15. The van der Waals surface area contributed by atoms with E-state index in [0.717, 1.165) is 6.42 Å². The maximum Gasteiger partial charge on any atom is 0.0499 e. The standard InChI is InChI=1S/C9H13NO/c1-2-8(7-11)9-3-5-10-6-4-9/h3-6,8,11H,2,7H2,1H3. The first-order valence-electron chi connectivity index (χ1n) is 3.89. The molecule has 1 rings (SSSR count).